The fourth-order valence-corrected chi connectivity index (χ4v) is 3.22. The van der Waals surface area contributed by atoms with E-state index in [4.69, 9.17) is 0 Å². The van der Waals surface area contributed by atoms with Crippen molar-refractivity contribution in [3.8, 4) is 0 Å². The molecule has 1 aromatic carbocycles. The van der Waals surface area contributed by atoms with Gasteiger partial charge in [-0.05, 0) is 31.3 Å². The lowest BCUT2D eigenvalue weighted by atomic mass is 10.2. The molecule has 0 saturated heterocycles. The molecule has 2 aromatic rings. The lowest BCUT2D eigenvalue weighted by molar-refractivity contribution is 0.315. The van der Waals surface area contributed by atoms with Crippen molar-refractivity contribution in [2.24, 2.45) is 0 Å². The molecule has 5 heteroatoms. The van der Waals surface area contributed by atoms with Crippen molar-refractivity contribution in [2.75, 3.05) is 13.6 Å². The van der Waals surface area contributed by atoms with Gasteiger partial charge in [-0.15, -0.1) is 11.3 Å². The first-order valence-electron chi connectivity index (χ1n) is 6.74. The topological polar surface area (TPSA) is 28.2 Å². The molecule has 108 valence electrons. The second-order valence-corrected chi connectivity index (χ2v) is 6.67. The van der Waals surface area contributed by atoms with E-state index >= 15 is 0 Å². The molecule has 0 aliphatic heterocycles. The first-order chi connectivity index (χ1) is 9.67. The summed E-state index contributed by atoms with van der Waals surface area (Å²) in [7, 11) is 2.13. The van der Waals surface area contributed by atoms with E-state index in [0.717, 1.165) is 41.4 Å². The van der Waals surface area contributed by atoms with Crippen molar-refractivity contribution in [3.63, 3.8) is 0 Å². The minimum atomic E-state index is 0.872. The maximum absolute atomic E-state index is 4.65. The van der Waals surface area contributed by atoms with E-state index in [1.807, 2.05) is 0 Å². The van der Waals surface area contributed by atoms with Crippen LogP contribution in [0, 0.1) is 0 Å². The summed E-state index contributed by atoms with van der Waals surface area (Å²) in [6.45, 7) is 5.78. The highest BCUT2D eigenvalue weighted by molar-refractivity contribution is 9.10. The summed E-state index contributed by atoms with van der Waals surface area (Å²) in [4.78, 5) is 6.94. The van der Waals surface area contributed by atoms with Gasteiger partial charge in [0.25, 0.3) is 0 Å². The number of halogens is 1. The van der Waals surface area contributed by atoms with Gasteiger partial charge in [-0.25, -0.2) is 4.98 Å². The molecule has 2 rings (SSSR count). The molecule has 3 nitrogen and oxygen atoms in total. The Labute approximate surface area is 133 Å². The lowest BCUT2D eigenvalue weighted by Crippen LogP contribution is -2.17. The van der Waals surface area contributed by atoms with E-state index in [9.17, 15) is 0 Å². The second kappa shape index (κ2) is 7.88. The molecule has 0 atom stereocenters. The zero-order chi connectivity index (χ0) is 14.4. The Bertz CT molecular complexity index is 541. The van der Waals surface area contributed by atoms with Crippen molar-refractivity contribution < 1.29 is 0 Å². The van der Waals surface area contributed by atoms with E-state index in [2.05, 4.69) is 74.7 Å². The Kier molecular flexibility index (Phi) is 6.16. The molecule has 1 N–H and O–H groups in total. The fourth-order valence-electron chi connectivity index (χ4n) is 2.01. The van der Waals surface area contributed by atoms with Crippen LogP contribution in [0.4, 0.5) is 0 Å². The predicted octanol–water partition coefficient (Wildman–Crippen LogP) is 3.65. The number of nitrogens with one attached hydrogen (secondary N) is 1. The van der Waals surface area contributed by atoms with Crippen molar-refractivity contribution in [2.45, 2.75) is 26.6 Å². The van der Waals surface area contributed by atoms with E-state index in [1.165, 1.54) is 5.56 Å². The SMILES string of the molecule is CCNCc1nc(CN(C)Cc2cccc(Br)c2)cs1. The van der Waals surface area contributed by atoms with Crippen LogP contribution in [0.25, 0.3) is 0 Å². The molecule has 0 amide bonds. The molecule has 0 radical (unpaired) electrons. The first kappa shape index (κ1) is 15.6. The fraction of sp³-hybridized carbons (Fsp3) is 0.400. The van der Waals surface area contributed by atoms with E-state index in [-0.39, 0.29) is 0 Å². The molecule has 1 heterocycles. The van der Waals surface area contributed by atoms with Crippen molar-refractivity contribution in [1.29, 1.82) is 0 Å². The normalized spacial score (nSPS) is 11.2. The van der Waals surface area contributed by atoms with E-state index in [0.29, 0.717) is 0 Å². The first-order valence-corrected chi connectivity index (χ1v) is 8.41. The van der Waals surface area contributed by atoms with Crippen LogP contribution in [0.5, 0.6) is 0 Å². The maximum atomic E-state index is 4.65. The van der Waals surface area contributed by atoms with Gasteiger partial charge in [0.05, 0.1) is 5.69 Å². The Hall–Kier alpha value is -0.750. The highest BCUT2D eigenvalue weighted by Gasteiger charge is 2.06. The zero-order valence-corrected chi connectivity index (χ0v) is 14.3. The number of benzene rings is 1. The number of rotatable bonds is 7. The van der Waals surface area contributed by atoms with E-state index in [1.54, 1.807) is 11.3 Å². The summed E-state index contributed by atoms with van der Waals surface area (Å²) >= 11 is 5.24. The summed E-state index contributed by atoms with van der Waals surface area (Å²) in [6, 6.07) is 8.44. The minimum Gasteiger partial charge on any atom is -0.311 e. The summed E-state index contributed by atoms with van der Waals surface area (Å²) in [6.07, 6.45) is 0. The van der Waals surface area contributed by atoms with Crippen LogP contribution in [-0.4, -0.2) is 23.5 Å². The third-order valence-electron chi connectivity index (χ3n) is 2.90. The summed E-state index contributed by atoms with van der Waals surface area (Å²) < 4.78 is 1.13. The highest BCUT2D eigenvalue weighted by Crippen LogP contribution is 2.15. The molecule has 0 aliphatic carbocycles. The zero-order valence-electron chi connectivity index (χ0n) is 11.9. The minimum absolute atomic E-state index is 0.872. The highest BCUT2D eigenvalue weighted by atomic mass is 79.9. The summed E-state index contributed by atoms with van der Waals surface area (Å²) in [5.41, 5.74) is 2.46. The van der Waals surface area contributed by atoms with Gasteiger partial charge in [0.1, 0.15) is 5.01 Å². The van der Waals surface area contributed by atoms with Gasteiger partial charge in [0.2, 0.25) is 0 Å². The monoisotopic (exact) mass is 353 g/mol. The Morgan fingerprint density at radius 1 is 1.35 bits per heavy atom. The smallest absolute Gasteiger partial charge is 0.107 e. The Morgan fingerprint density at radius 2 is 2.20 bits per heavy atom. The molecule has 20 heavy (non-hydrogen) atoms. The lowest BCUT2D eigenvalue weighted by Gasteiger charge is -2.15. The quantitative estimate of drug-likeness (QED) is 0.823. The van der Waals surface area contributed by atoms with Gasteiger partial charge < -0.3 is 5.32 Å². The molecular weight excluding hydrogens is 334 g/mol. The van der Waals surface area contributed by atoms with Crippen LogP contribution >= 0.6 is 27.3 Å². The molecule has 0 saturated carbocycles. The third-order valence-corrected chi connectivity index (χ3v) is 4.29. The van der Waals surface area contributed by atoms with Crippen LogP contribution in [0.15, 0.2) is 34.1 Å². The van der Waals surface area contributed by atoms with Gasteiger partial charge in [-0.1, -0.05) is 35.0 Å². The maximum Gasteiger partial charge on any atom is 0.107 e. The summed E-state index contributed by atoms with van der Waals surface area (Å²) in [5.74, 6) is 0. The average Bonchev–Trinajstić information content (AvgIpc) is 2.83. The standard InChI is InChI=1S/C15H20BrN3S/c1-3-17-8-15-18-14(11-20-15)10-19(2)9-12-5-4-6-13(16)7-12/h4-7,11,17H,3,8-10H2,1-2H3. The average molecular weight is 354 g/mol. The summed E-state index contributed by atoms with van der Waals surface area (Å²) in [5, 5.41) is 6.63. The largest absolute Gasteiger partial charge is 0.311 e. The van der Waals surface area contributed by atoms with Crippen LogP contribution in [0.2, 0.25) is 0 Å². The molecule has 0 bridgehead atoms. The van der Waals surface area contributed by atoms with Crippen LogP contribution in [0.3, 0.4) is 0 Å². The van der Waals surface area contributed by atoms with Crippen LogP contribution < -0.4 is 5.32 Å². The Balaban J connectivity index is 1.87. The van der Waals surface area contributed by atoms with E-state index < -0.39 is 0 Å². The number of nitrogens with zero attached hydrogens (tertiary/aromatic N) is 2. The van der Waals surface area contributed by atoms with Gasteiger partial charge >= 0.3 is 0 Å². The van der Waals surface area contributed by atoms with Crippen LogP contribution in [0.1, 0.15) is 23.2 Å². The molecule has 1 aromatic heterocycles. The van der Waals surface area contributed by atoms with Crippen molar-refractivity contribution >= 4 is 27.3 Å². The van der Waals surface area contributed by atoms with Gasteiger partial charge in [-0.3, -0.25) is 4.90 Å². The molecule has 0 unspecified atom stereocenters. The molecule has 0 spiro atoms. The van der Waals surface area contributed by atoms with Crippen molar-refractivity contribution in [1.82, 2.24) is 15.2 Å². The predicted molar refractivity (Wildman–Crippen MR) is 88.8 cm³/mol. The molecule has 0 fully saturated rings. The van der Waals surface area contributed by atoms with Gasteiger partial charge in [0, 0.05) is 29.5 Å². The molecular formula is C15H20BrN3S. The van der Waals surface area contributed by atoms with Crippen molar-refractivity contribution in [3.05, 3.63) is 50.4 Å². The molecule has 0 aliphatic rings. The number of hydrogen-bond acceptors (Lipinski definition) is 4. The Morgan fingerprint density at radius 3 is 2.95 bits per heavy atom. The number of hydrogen-bond donors (Lipinski definition) is 1. The number of aromatic nitrogens is 1. The van der Waals surface area contributed by atoms with Gasteiger partial charge in [-0.2, -0.15) is 0 Å². The third kappa shape index (κ3) is 4.98. The number of thiazole rings is 1. The second-order valence-electron chi connectivity index (χ2n) is 4.82. The van der Waals surface area contributed by atoms with Crippen LogP contribution in [-0.2, 0) is 19.6 Å². The van der Waals surface area contributed by atoms with Gasteiger partial charge in [0.15, 0.2) is 0 Å².